The number of anilines is 1. The molecule has 0 amide bonds. The van der Waals surface area contributed by atoms with Gasteiger partial charge in [0.1, 0.15) is 12.3 Å². The van der Waals surface area contributed by atoms with E-state index in [-0.39, 0.29) is 23.1 Å². The second-order valence-corrected chi connectivity index (χ2v) is 7.65. The van der Waals surface area contributed by atoms with Crippen LogP contribution in [0.4, 0.5) is 27.6 Å². The van der Waals surface area contributed by atoms with E-state index in [2.05, 4.69) is 10.3 Å². The van der Waals surface area contributed by atoms with Gasteiger partial charge < -0.3 is 10.1 Å². The topological polar surface area (TPSA) is 33.6 Å². The van der Waals surface area contributed by atoms with E-state index in [0.29, 0.717) is 12.2 Å². The van der Waals surface area contributed by atoms with Gasteiger partial charge >= 0.3 is 0 Å². The summed E-state index contributed by atoms with van der Waals surface area (Å²) >= 11 is 0. The lowest BCUT2D eigenvalue weighted by Gasteiger charge is -2.21. The van der Waals surface area contributed by atoms with Crippen molar-refractivity contribution >= 4 is 17.3 Å². The summed E-state index contributed by atoms with van der Waals surface area (Å²) in [7, 11) is 0. The number of hydrogen-bond acceptors (Lipinski definition) is 3. The third kappa shape index (κ3) is 4.26. The molecule has 154 valence electrons. The SMILES string of the molecule is CC(C)(C)C1COC(C=C(Nc2c(F)c(F)c(F)c(F)c2F)c2ccccc2)=N1. The van der Waals surface area contributed by atoms with Crippen LogP contribution in [0.5, 0.6) is 0 Å². The van der Waals surface area contributed by atoms with Crippen LogP contribution in [0.15, 0.2) is 41.4 Å². The van der Waals surface area contributed by atoms with Gasteiger partial charge in [-0.2, -0.15) is 0 Å². The van der Waals surface area contributed by atoms with Crippen LogP contribution in [0.3, 0.4) is 0 Å². The molecular weight excluding hydrogens is 391 g/mol. The highest BCUT2D eigenvalue weighted by atomic mass is 19.2. The minimum Gasteiger partial charge on any atom is -0.476 e. The number of aliphatic imine (C=N–C) groups is 1. The lowest BCUT2D eigenvalue weighted by molar-refractivity contribution is 0.236. The number of halogens is 5. The van der Waals surface area contributed by atoms with Crippen LogP contribution in [0.2, 0.25) is 0 Å². The molecule has 0 spiro atoms. The van der Waals surface area contributed by atoms with Crippen molar-refractivity contribution in [2.24, 2.45) is 10.4 Å². The molecule has 1 heterocycles. The lowest BCUT2D eigenvalue weighted by Crippen LogP contribution is -2.25. The molecular formula is C21H19F5N2O. The zero-order valence-electron chi connectivity index (χ0n) is 16.0. The molecule has 0 aliphatic carbocycles. The molecule has 8 heteroatoms. The maximum absolute atomic E-state index is 14.1. The number of rotatable bonds is 4. The maximum atomic E-state index is 14.1. The molecule has 0 radical (unpaired) electrons. The highest BCUT2D eigenvalue weighted by Crippen LogP contribution is 2.31. The summed E-state index contributed by atoms with van der Waals surface area (Å²) < 4.78 is 74.3. The van der Waals surface area contributed by atoms with E-state index in [9.17, 15) is 22.0 Å². The van der Waals surface area contributed by atoms with E-state index in [0.717, 1.165) is 0 Å². The zero-order valence-corrected chi connectivity index (χ0v) is 16.0. The van der Waals surface area contributed by atoms with E-state index < -0.39 is 34.8 Å². The summed E-state index contributed by atoms with van der Waals surface area (Å²) in [6.45, 7) is 6.28. The molecule has 0 fully saturated rings. The van der Waals surface area contributed by atoms with Gasteiger partial charge in [0.2, 0.25) is 11.7 Å². The fraction of sp³-hybridized carbons (Fsp3) is 0.286. The predicted molar refractivity (Wildman–Crippen MR) is 101 cm³/mol. The quantitative estimate of drug-likeness (QED) is 0.400. The summed E-state index contributed by atoms with van der Waals surface area (Å²) in [5, 5.41) is 2.32. The molecule has 3 nitrogen and oxygen atoms in total. The largest absolute Gasteiger partial charge is 0.476 e. The van der Waals surface area contributed by atoms with Crippen molar-refractivity contribution in [2.75, 3.05) is 11.9 Å². The van der Waals surface area contributed by atoms with Crippen molar-refractivity contribution < 1.29 is 26.7 Å². The molecule has 1 atom stereocenters. The number of nitrogens with zero attached hydrogens (tertiary/aromatic N) is 1. The van der Waals surface area contributed by atoms with Gasteiger partial charge in [-0.25, -0.2) is 26.9 Å². The highest BCUT2D eigenvalue weighted by molar-refractivity contribution is 5.98. The first kappa shape index (κ1) is 20.8. The van der Waals surface area contributed by atoms with Crippen molar-refractivity contribution in [1.82, 2.24) is 0 Å². The van der Waals surface area contributed by atoms with Crippen LogP contribution in [0, 0.1) is 34.5 Å². The Balaban J connectivity index is 2.06. The van der Waals surface area contributed by atoms with Gasteiger partial charge in [0.15, 0.2) is 23.3 Å². The van der Waals surface area contributed by atoms with E-state index in [4.69, 9.17) is 4.74 Å². The third-order valence-corrected chi connectivity index (χ3v) is 4.49. The molecule has 0 saturated carbocycles. The number of nitrogens with one attached hydrogen (secondary N) is 1. The van der Waals surface area contributed by atoms with Gasteiger partial charge in [-0.3, -0.25) is 0 Å². The fourth-order valence-corrected chi connectivity index (χ4v) is 2.70. The molecule has 0 aromatic heterocycles. The normalized spacial score (nSPS) is 17.2. The van der Waals surface area contributed by atoms with Gasteiger partial charge in [0.25, 0.3) is 0 Å². The Bertz CT molecular complexity index is 952. The van der Waals surface area contributed by atoms with Crippen LogP contribution in [-0.4, -0.2) is 18.5 Å². The van der Waals surface area contributed by atoms with E-state index in [1.165, 1.54) is 6.08 Å². The van der Waals surface area contributed by atoms with Crippen LogP contribution < -0.4 is 5.32 Å². The Morgan fingerprint density at radius 1 is 0.966 bits per heavy atom. The molecule has 2 aromatic rings. The predicted octanol–water partition coefficient (Wildman–Crippen LogP) is 5.68. The average molecular weight is 410 g/mol. The summed E-state index contributed by atoms with van der Waals surface area (Å²) in [6.07, 6.45) is 1.37. The standard InChI is InChI=1S/C21H19F5N2O/c1-21(2,3)13-10-29-14(28-13)9-12(11-7-5-4-6-8-11)27-20-18(25)16(23)15(22)17(24)19(20)26/h4-9,13,27H,10H2,1-3H3. The Morgan fingerprint density at radius 3 is 2.03 bits per heavy atom. The van der Waals surface area contributed by atoms with Crippen molar-refractivity contribution in [1.29, 1.82) is 0 Å². The van der Waals surface area contributed by atoms with E-state index in [1.54, 1.807) is 30.3 Å². The van der Waals surface area contributed by atoms with E-state index >= 15 is 0 Å². The molecule has 29 heavy (non-hydrogen) atoms. The second kappa shape index (κ2) is 7.85. The van der Waals surface area contributed by atoms with Gasteiger partial charge in [0, 0.05) is 6.08 Å². The highest BCUT2D eigenvalue weighted by Gasteiger charge is 2.30. The minimum absolute atomic E-state index is 0.0714. The summed E-state index contributed by atoms with van der Waals surface area (Å²) in [5.41, 5.74) is -0.802. The van der Waals surface area contributed by atoms with Crippen molar-refractivity contribution in [2.45, 2.75) is 26.8 Å². The monoisotopic (exact) mass is 410 g/mol. The number of ether oxygens (including phenoxy) is 1. The number of hydrogen-bond donors (Lipinski definition) is 1. The summed E-state index contributed by atoms with van der Waals surface area (Å²) in [6, 6.07) is 8.14. The second-order valence-electron chi connectivity index (χ2n) is 7.65. The zero-order chi connectivity index (χ0) is 21.3. The molecule has 0 saturated heterocycles. The Labute approximate surface area is 164 Å². The average Bonchev–Trinajstić information content (AvgIpc) is 3.17. The smallest absolute Gasteiger partial charge is 0.211 e. The number of benzene rings is 2. The summed E-state index contributed by atoms with van der Waals surface area (Å²) in [4.78, 5) is 4.44. The molecule has 1 aliphatic heterocycles. The molecule has 0 bridgehead atoms. The first-order valence-electron chi connectivity index (χ1n) is 8.85. The Morgan fingerprint density at radius 2 is 1.52 bits per heavy atom. The van der Waals surface area contributed by atoms with Crippen LogP contribution in [0.1, 0.15) is 26.3 Å². The van der Waals surface area contributed by atoms with Gasteiger partial charge in [-0.15, -0.1) is 0 Å². The molecule has 3 rings (SSSR count). The molecule has 2 aromatic carbocycles. The van der Waals surface area contributed by atoms with E-state index in [1.807, 2.05) is 20.8 Å². The maximum Gasteiger partial charge on any atom is 0.211 e. The van der Waals surface area contributed by atoms with Gasteiger partial charge in [-0.05, 0) is 11.0 Å². The third-order valence-electron chi connectivity index (χ3n) is 4.49. The molecule has 1 N–H and O–H groups in total. The van der Waals surface area contributed by atoms with Gasteiger partial charge in [0.05, 0.1) is 11.7 Å². The van der Waals surface area contributed by atoms with Gasteiger partial charge in [-0.1, -0.05) is 51.1 Å². The molecule has 1 aliphatic rings. The van der Waals surface area contributed by atoms with Crippen molar-refractivity contribution in [3.63, 3.8) is 0 Å². The van der Waals surface area contributed by atoms with Crippen LogP contribution in [0.25, 0.3) is 5.70 Å². The van der Waals surface area contributed by atoms with Crippen LogP contribution >= 0.6 is 0 Å². The van der Waals surface area contributed by atoms with Crippen molar-refractivity contribution in [3.05, 3.63) is 71.1 Å². The minimum atomic E-state index is -2.22. The first-order chi connectivity index (χ1) is 13.6. The Kier molecular flexibility index (Phi) is 5.64. The fourth-order valence-electron chi connectivity index (χ4n) is 2.70. The lowest BCUT2D eigenvalue weighted by atomic mass is 9.88. The Hall–Kier alpha value is -2.90. The first-order valence-corrected chi connectivity index (χ1v) is 8.85. The molecule has 1 unspecified atom stereocenters. The summed E-state index contributed by atoms with van der Waals surface area (Å²) in [5.74, 6) is -9.98. The van der Waals surface area contributed by atoms with Crippen LogP contribution in [-0.2, 0) is 4.74 Å². The van der Waals surface area contributed by atoms with Crippen molar-refractivity contribution in [3.8, 4) is 0 Å².